The Bertz CT molecular complexity index is 616. The summed E-state index contributed by atoms with van der Waals surface area (Å²) in [6.07, 6.45) is 3.06. The van der Waals surface area contributed by atoms with Crippen LogP contribution in [-0.2, 0) is 21.9 Å². The van der Waals surface area contributed by atoms with Crippen molar-refractivity contribution < 1.29 is 37.6 Å². The molecule has 0 aliphatic carbocycles. The van der Waals surface area contributed by atoms with E-state index in [9.17, 15) is 15.0 Å². The van der Waals surface area contributed by atoms with Gasteiger partial charge in [-0.3, -0.25) is 9.98 Å². The van der Waals surface area contributed by atoms with E-state index >= 15 is 0 Å². The van der Waals surface area contributed by atoms with Crippen molar-refractivity contribution in [2.45, 2.75) is 13.8 Å². The number of rotatable bonds is 3. The van der Waals surface area contributed by atoms with E-state index in [0.717, 1.165) is 5.69 Å². The monoisotopic (exact) mass is 365 g/mol. The first-order valence-corrected chi connectivity index (χ1v) is 6.34. The second-order valence-corrected chi connectivity index (χ2v) is 4.35. The summed E-state index contributed by atoms with van der Waals surface area (Å²) in [5.41, 5.74) is 2.74. The van der Waals surface area contributed by atoms with Gasteiger partial charge in [0.1, 0.15) is 0 Å². The van der Waals surface area contributed by atoms with E-state index in [1.165, 1.54) is 17.8 Å². The normalized spacial score (nSPS) is 9.13. The predicted octanol–water partition coefficient (Wildman–Crippen LogP) is -0.200. The molecule has 0 aliphatic rings. The van der Waals surface area contributed by atoms with E-state index < -0.39 is 12.5 Å². The van der Waals surface area contributed by atoms with Crippen LogP contribution in [0.4, 0.5) is 0 Å². The van der Waals surface area contributed by atoms with E-state index in [-0.39, 0.29) is 28.3 Å². The molecule has 0 spiro atoms. The average molecular weight is 366 g/mol. The third-order valence-electron chi connectivity index (χ3n) is 2.42. The van der Waals surface area contributed by atoms with Gasteiger partial charge in [-0.2, -0.15) is 0 Å². The number of hydrogen-bond acceptors (Lipinski definition) is 5. The molecular formula is C16H18CuN2O4. The summed E-state index contributed by atoms with van der Waals surface area (Å²) < 4.78 is 0. The third kappa shape index (κ3) is 10.2. The molecule has 1 heterocycles. The van der Waals surface area contributed by atoms with Gasteiger partial charge < -0.3 is 20.5 Å². The molecule has 2 N–H and O–H groups in total. The van der Waals surface area contributed by atoms with Gasteiger partial charge in [-0.15, -0.1) is 5.75 Å². The zero-order chi connectivity index (χ0) is 15.7. The standard InChI is InChI=1S/C9H9NO3.C7H9N.Cu.H2O/c11-8-4-2-1-3-7(8)5-10-6-9(12)13;1-6-3-4-8-7(2)5-6;;/h1-5,11H,6H2,(H,12,13);3-5H,1-2H3;;1H2/q;;+2;/p-2. The molecule has 2 aromatic rings. The number of nitrogens with zero attached hydrogens (tertiary/aromatic N) is 2. The molecule has 0 amide bonds. The Balaban J connectivity index is 0. The number of para-hydroxylation sites is 1. The third-order valence-corrected chi connectivity index (χ3v) is 2.42. The van der Waals surface area contributed by atoms with Crippen molar-refractivity contribution in [3.63, 3.8) is 0 Å². The Morgan fingerprint density at radius 2 is 1.91 bits per heavy atom. The summed E-state index contributed by atoms with van der Waals surface area (Å²) in [5, 5.41) is 21.0. The van der Waals surface area contributed by atoms with Gasteiger partial charge in [-0.05, 0) is 37.1 Å². The Labute approximate surface area is 145 Å². The van der Waals surface area contributed by atoms with Crippen molar-refractivity contribution in [2.24, 2.45) is 4.99 Å². The topological polar surface area (TPSA) is 120 Å². The van der Waals surface area contributed by atoms with Crippen LogP contribution in [0.5, 0.6) is 5.75 Å². The Hall–Kier alpha value is -2.21. The van der Waals surface area contributed by atoms with Gasteiger partial charge in [0, 0.05) is 18.1 Å². The molecule has 0 fully saturated rings. The molecule has 0 atom stereocenters. The number of carboxylic acid groups (broad SMARTS) is 1. The minimum Gasteiger partial charge on any atom is -0.872 e. The molecule has 127 valence electrons. The van der Waals surface area contributed by atoms with E-state index in [4.69, 9.17) is 0 Å². The molecular weight excluding hydrogens is 348 g/mol. The van der Waals surface area contributed by atoms with Crippen molar-refractivity contribution in [3.8, 4) is 5.75 Å². The Morgan fingerprint density at radius 1 is 1.26 bits per heavy atom. The van der Waals surface area contributed by atoms with Crippen molar-refractivity contribution in [3.05, 3.63) is 59.4 Å². The number of carbonyl (C=O) groups is 1. The quantitative estimate of drug-likeness (QED) is 0.552. The van der Waals surface area contributed by atoms with Crippen LogP contribution in [0.2, 0.25) is 0 Å². The van der Waals surface area contributed by atoms with Gasteiger partial charge >= 0.3 is 17.1 Å². The van der Waals surface area contributed by atoms with Crippen LogP contribution in [0.25, 0.3) is 0 Å². The maximum absolute atomic E-state index is 11.0. The van der Waals surface area contributed by atoms with E-state index in [1.54, 1.807) is 18.2 Å². The fraction of sp³-hybridized carbons (Fsp3) is 0.188. The van der Waals surface area contributed by atoms with Crippen LogP contribution in [0.15, 0.2) is 47.6 Å². The van der Waals surface area contributed by atoms with Crippen LogP contribution in [0.1, 0.15) is 16.8 Å². The fourth-order valence-electron chi connectivity index (χ4n) is 1.49. The Kier molecular flexibility index (Phi) is 12.4. The molecule has 1 radical (unpaired) electrons. The maximum atomic E-state index is 11.0. The van der Waals surface area contributed by atoms with E-state index in [2.05, 4.69) is 23.0 Å². The minimum atomic E-state index is -1.26. The van der Waals surface area contributed by atoms with Gasteiger partial charge in [0.2, 0.25) is 0 Å². The molecule has 7 heteroatoms. The van der Waals surface area contributed by atoms with Gasteiger partial charge in [0.15, 0.2) is 0 Å². The summed E-state index contributed by atoms with van der Waals surface area (Å²) in [7, 11) is 0. The maximum Gasteiger partial charge on any atom is 2.00 e. The molecule has 1 aromatic carbocycles. The molecule has 6 nitrogen and oxygen atoms in total. The molecule has 0 bridgehead atoms. The first-order chi connectivity index (χ1) is 9.99. The van der Waals surface area contributed by atoms with Crippen molar-refractivity contribution in [2.75, 3.05) is 6.54 Å². The summed E-state index contributed by atoms with van der Waals surface area (Å²) in [4.78, 5) is 17.5. The number of pyridine rings is 1. The van der Waals surface area contributed by atoms with Crippen LogP contribution < -0.4 is 10.2 Å². The average Bonchev–Trinajstić information content (AvgIpc) is 2.41. The van der Waals surface area contributed by atoms with Crippen LogP contribution in [0, 0.1) is 13.8 Å². The second-order valence-electron chi connectivity index (χ2n) is 4.35. The SMILES string of the molecule is Cc1ccnc(C)c1.O.O=C([O-])CN=Cc1ccccc1[O-].[Cu+2]. The van der Waals surface area contributed by atoms with Gasteiger partial charge in [-0.25, -0.2) is 0 Å². The number of benzene rings is 1. The first-order valence-electron chi connectivity index (χ1n) is 6.34. The van der Waals surface area contributed by atoms with Crippen LogP contribution >= 0.6 is 0 Å². The number of hydrogen-bond donors (Lipinski definition) is 0. The molecule has 1 aromatic heterocycles. The second kappa shape index (κ2) is 12.3. The molecule has 23 heavy (non-hydrogen) atoms. The van der Waals surface area contributed by atoms with Crippen molar-refractivity contribution in [1.29, 1.82) is 0 Å². The number of carboxylic acids is 1. The molecule has 0 aliphatic heterocycles. The Morgan fingerprint density at radius 3 is 2.39 bits per heavy atom. The minimum absolute atomic E-state index is 0. The smallest absolute Gasteiger partial charge is 0.872 e. The van der Waals surface area contributed by atoms with E-state index in [1.807, 2.05) is 19.2 Å². The number of aromatic nitrogens is 1. The zero-order valence-corrected chi connectivity index (χ0v) is 13.7. The largest absolute Gasteiger partial charge is 2.00 e. The summed E-state index contributed by atoms with van der Waals surface area (Å²) in [6, 6.07) is 10.3. The van der Waals surface area contributed by atoms with Crippen molar-refractivity contribution in [1.82, 2.24) is 4.98 Å². The zero-order valence-electron chi connectivity index (χ0n) is 12.7. The number of carbonyl (C=O) groups excluding carboxylic acids is 1. The van der Waals surface area contributed by atoms with Gasteiger partial charge in [0.05, 0.1) is 12.5 Å². The summed E-state index contributed by atoms with van der Waals surface area (Å²) in [5.74, 6) is -1.44. The molecule has 0 saturated carbocycles. The van der Waals surface area contributed by atoms with Gasteiger partial charge in [0.25, 0.3) is 0 Å². The fourth-order valence-corrected chi connectivity index (χ4v) is 1.49. The summed E-state index contributed by atoms with van der Waals surface area (Å²) in [6.45, 7) is 3.63. The predicted molar refractivity (Wildman–Crippen MR) is 80.7 cm³/mol. The van der Waals surface area contributed by atoms with Crippen LogP contribution in [0.3, 0.4) is 0 Å². The van der Waals surface area contributed by atoms with Crippen LogP contribution in [-0.4, -0.2) is 29.2 Å². The number of aryl methyl sites for hydroxylation is 2. The first kappa shape index (κ1) is 23.1. The number of aliphatic carboxylic acids is 1. The molecule has 0 saturated heterocycles. The molecule has 0 unspecified atom stereocenters. The van der Waals surface area contributed by atoms with Crippen molar-refractivity contribution >= 4 is 12.2 Å². The number of aliphatic imine (C=N–C) groups is 1. The van der Waals surface area contributed by atoms with Gasteiger partial charge in [-0.1, -0.05) is 24.3 Å². The van der Waals surface area contributed by atoms with E-state index in [0.29, 0.717) is 5.56 Å². The summed E-state index contributed by atoms with van der Waals surface area (Å²) >= 11 is 0. The molecule has 2 rings (SSSR count).